The van der Waals surface area contributed by atoms with Crippen LogP contribution < -0.4 is 0 Å². The van der Waals surface area contributed by atoms with Crippen molar-refractivity contribution in [3.63, 3.8) is 0 Å². The van der Waals surface area contributed by atoms with E-state index in [4.69, 9.17) is 0 Å². The minimum absolute atomic E-state index is 0.164. The van der Waals surface area contributed by atoms with Crippen molar-refractivity contribution in [1.82, 2.24) is 0 Å². The van der Waals surface area contributed by atoms with E-state index < -0.39 is 12.0 Å². The minimum atomic E-state index is -1.48. The first-order valence-corrected chi connectivity index (χ1v) is 3.00. The molecule has 0 unspecified atom stereocenters. The quantitative estimate of drug-likeness (QED) is 0.438. The highest BCUT2D eigenvalue weighted by Gasteiger charge is 2.04. The lowest BCUT2D eigenvalue weighted by Gasteiger charge is -1.96. The van der Waals surface area contributed by atoms with Gasteiger partial charge in [-0.2, -0.15) is 4.39 Å². The first kappa shape index (κ1) is 9.07. The summed E-state index contributed by atoms with van der Waals surface area (Å²) in [5.41, 5.74) is 0. The average Bonchev–Trinajstić information content (AvgIpc) is 1.85. The Morgan fingerprint density at radius 3 is 2.40 bits per heavy atom. The summed E-state index contributed by atoms with van der Waals surface area (Å²) in [5.74, 6) is -0.534. The van der Waals surface area contributed by atoms with Crippen LogP contribution in [0.25, 0.3) is 0 Å². The molecule has 0 spiro atoms. The van der Waals surface area contributed by atoms with Crippen LogP contribution in [0.15, 0.2) is 0 Å². The monoisotopic (exact) mass is 148 g/mol. The SMILES string of the molecule is CCOC(=O)CCC(=O)F. The third-order valence-electron chi connectivity index (χ3n) is 0.831. The number of hydrogen-bond acceptors (Lipinski definition) is 3. The van der Waals surface area contributed by atoms with Gasteiger partial charge in [-0.3, -0.25) is 9.59 Å². The highest BCUT2D eigenvalue weighted by molar-refractivity contribution is 5.76. The predicted octanol–water partition coefficient (Wildman–Crippen LogP) is 0.826. The molecular formula is C6H9FO3. The van der Waals surface area contributed by atoms with Gasteiger partial charge in [0.25, 0.3) is 0 Å². The van der Waals surface area contributed by atoms with Crippen LogP contribution in [0, 0.1) is 0 Å². The Kier molecular flexibility index (Phi) is 4.45. The van der Waals surface area contributed by atoms with E-state index in [0.29, 0.717) is 0 Å². The van der Waals surface area contributed by atoms with Gasteiger partial charge < -0.3 is 4.74 Å². The molecule has 0 aromatic carbocycles. The fraction of sp³-hybridized carbons (Fsp3) is 0.667. The second kappa shape index (κ2) is 4.90. The lowest BCUT2D eigenvalue weighted by molar-refractivity contribution is -0.145. The molecule has 0 amide bonds. The number of carbonyl (C=O) groups is 2. The number of carbonyl (C=O) groups excluding carboxylic acids is 2. The van der Waals surface area contributed by atoms with Gasteiger partial charge in [0.1, 0.15) is 0 Å². The molecule has 0 saturated heterocycles. The van der Waals surface area contributed by atoms with Gasteiger partial charge in [0, 0.05) is 6.42 Å². The molecule has 0 radical (unpaired) electrons. The normalized spacial score (nSPS) is 9.00. The fourth-order valence-electron chi connectivity index (χ4n) is 0.433. The molecule has 0 fully saturated rings. The summed E-state index contributed by atoms with van der Waals surface area (Å²) in [6, 6.07) is -1.48. The summed E-state index contributed by atoms with van der Waals surface area (Å²) in [6.45, 7) is 1.91. The molecule has 0 aliphatic carbocycles. The molecule has 0 saturated carbocycles. The summed E-state index contributed by atoms with van der Waals surface area (Å²) < 4.78 is 15.9. The van der Waals surface area contributed by atoms with E-state index in [1.807, 2.05) is 0 Å². The second-order valence-corrected chi connectivity index (χ2v) is 1.66. The zero-order valence-corrected chi connectivity index (χ0v) is 5.72. The lowest BCUT2D eigenvalue weighted by Crippen LogP contribution is -2.05. The highest BCUT2D eigenvalue weighted by atomic mass is 19.1. The van der Waals surface area contributed by atoms with Crippen molar-refractivity contribution in [2.24, 2.45) is 0 Å². The van der Waals surface area contributed by atoms with Crippen LogP contribution in [0.1, 0.15) is 19.8 Å². The fourth-order valence-corrected chi connectivity index (χ4v) is 0.433. The maximum absolute atomic E-state index is 11.5. The van der Waals surface area contributed by atoms with Crippen LogP contribution in [0.3, 0.4) is 0 Å². The first-order chi connectivity index (χ1) is 4.66. The average molecular weight is 148 g/mol. The Morgan fingerprint density at radius 2 is 2.00 bits per heavy atom. The first-order valence-electron chi connectivity index (χ1n) is 3.00. The molecule has 0 atom stereocenters. The number of halogens is 1. The van der Waals surface area contributed by atoms with Gasteiger partial charge in [0.05, 0.1) is 13.0 Å². The van der Waals surface area contributed by atoms with Gasteiger partial charge in [0.2, 0.25) is 0 Å². The highest BCUT2D eigenvalue weighted by Crippen LogP contribution is 1.94. The van der Waals surface area contributed by atoms with Crippen LogP contribution >= 0.6 is 0 Å². The predicted molar refractivity (Wildman–Crippen MR) is 32.0 cm³/mol. The smallest absolute Gasteiger partial charge is 0.306 e. The van der Waals surface area contributed by atoms with Crippen molar-refractivity contribution in [3.05, 3.63) is 0 Å². The number of esters is 1. The number of hydrogen-bond donors (Lipinski definition) is 0. The zero-order valence-electron chi connectivity index (χ0n) is 5.72. The molecule has 0 aliphatic heterocycles. The van der Waals surface area contributed by atoms with Gasteiger partial charge in [0.15, 0.2) is 0 Å². The molecule has 0 rings (SSSR count). The van der Waals surface area contributed by atoms with E-state index in [1.54, 1.807) is 6.92 Å². The van der Waals surface area contributed by atoms with Gasteiger partial charge in [-0.05, 0) is 6.92 Å². The van der Waals surface area contributed by atoms with E-state index in [1.165, 1.54) is 0 Å². The summed E-state index contributed by atoms with van der Waals surface area (Å²) in [4.78, 5) is 20.1. The van der Waals surface area contributed by atoms with Gasteiger partial charge in [-0.15, -0.1) is 0 Å². The second-order valence-electron chi connectivity index (χ2n) is 1.66. The van der Waals surface area contributed by atoms with E-state index in [0.717, 1.165) is 0 Å². The molecule has 0 aromatic rings. The van der Waals surface area contributed by atoms with E-state index in [-0.39, 0.29) is 19.4 Å². The van der Waals surface area contributed by atoms with Crippen molar-refractivity contribution in [2.45, 2.75) is 19.8 Å². The Morgan fingerprint density at radius 1 is 1.40 bits per heavy atom. The third kappa shape index (κ3) is 5.21. The molecular weight excluding hydrogens is 139 g/mol. The Hall–Kier alpha value is -0.930. The zero-order chi connectivity index (χ0) is 7.98. The van der Waals surface area contributed by atoms with E-state index in [9.17, 15) is 14.0 Å². The molecule has 3 nitrogen and oxygen atoms in total. The number of rotatable bonds is 4. The summed E-state index contributed by atoms with van der Waals surface area (Å²) >= 11 is 0. The van der Waals surface area contributed by atoms with Crippen LogP contribution in [-0.2, 0) is 14.3 Å². The maximum atomic E-state index is 11.5. The molecule has 0 heterocycles. The molecule has 0 aromatic heterocycles. The van der Waals surface area contributed by atoms with Gasteiger partial charge >= 0.3 is 12.0 Å². The van der Waals surface area contributed by atoms with Gasteiger partial charge in [-0.1, -0.05) is 0 Å². The van der Waals surface area contributed by atoms with E-state index in [2.05, 4.69) is 4.74 Å². The van der Waals surface area contributed by atoms with Crippen LogP contribution in [0.5, 0.6) is 0 Å². The van der Waals surface area contributed by atoms with Crippen molar-refractivity contribution in [3.8, 4) is 0 Å². The topological polar surface area (TPSA) is 43.4 Å². The van der Waals surface area contributed by atoms with Gasteiger partial charge in [-0.25, -0.2) is 0 Å². The molecule has 0 N–H and O–H groups in total. The Balaban J connectivity index is 3.30. The third-order valence-corrected chi connectivity index (χ3v) is 0.831. The van der Waals surface area contributed by atoms with Crippen molar-refractivity contribution >= 4 is 12.0 Å². The van der Waals surface area contributed by atoms with Crippen molar-refractivity contribution in [2.75, 3.05) is 6.61 Å². The standard InChI is InChI=1S/C6H9FO3/c1-2-10-6(9)4-3-5(7)8/h2-4H2,1H3. The number of ether oxygens (including phenoxy) is 1. The van der Waals surface area contributed by atoms with E-state index >= 15 is 0 Å². The van der Waals surface area contributed by atoms with Crippen LogP contribution in [0.2, 0.25) is 0 Å². The van der Waals surface area contributed by atoms with Crippen molar-refractivity contribution in [1.29, 1.82) is 0 Å². The largest absolute Gasteiger partial charge is 0.466 e. The van der Waals surface area contributed by atoms with Crippen LogP contribution in [-0.4, -0.2) is 18.6 Å². The minimum Gasteiger partial charge on any atom is -0.466 e. The summed E-state index contributed by atoms with van der Waals surface area (Å²) in [5, 5.41) is 0. The van der Waals surface area contributed by atoms with Crippen LogP contribution in [0.4, 0.5) is 4.39 Å². The summed E-state index contributed by atoms with van der Waals surface area (Å²) in [7, 11) is 0. The molecule has 10 heavy (non-hydrogen) atoms. The lowest BCUT2D eigenvalue weighted by atomic mass is 10.3. The molecule has 0 aliphatic rings. The Bertz CT molecular complexity index is 133. The molecule has 0 bridgehead atoms. The maximum Gasteiger partial charge on any atom is 0.306 e. The molecule has 4 heteroatoms. The molecule has 58 valence electrons. The Labute approximate surface area is 58.2 Å². The van der Waals surface area contributed by atoms with Crippen molar-refractivity contribution < 1.29 is 18.7 Å². The summed E-state index contributed by atoms with van der Waals surface area (Å²) in [6.07, 6.45) is -0.540.